The minimum absolute atomic E-state index is 0. The largest absolute Gasteiger partial charge is 0.337 e. The van der Waals surface area contributed by atoms with Crippen LogP contribution >= 0.6 is 24.8 Å². The summed E-state index contributed by atoms with van der Waals surface area (Å²) in [7, 11) is 0. The van der Waals surface area contributed by atoms with Crippen LogP contribution in [0, 0.1) is 12.3 Å². The topological polar surface area (TPSA) is 58.1 Å². The molecular weight excluding hydrogens is 311 g/mol. The molecule has 1 aromatic heterocycles. The lowest BCUT2D eigenvalue weighted by molar-refractivity contribution is 0.0755. The Hall–Kier alpha value is -0.910. The number of hydrogen-bond acceptors (Lipinski definition) is 4. The van der Waals surface area contributed by atoms with Gasteiger partial charge < -0.3 is 10.2 Å². The van der Waals surface area contributed by atoms with Crippen LogP contribution in [-0.4, -0.2) is 47.0 Å². The van der Waals surface area contributed by atoms with E-state index in [1.165, 1.54) is 12.8 Å². The molecule has 0 saturated carbocycles. The highest BCUT2D eigenvalue weighted by atomic mass is 35.5. The molecule has 3 heterocycles. The van der Waals surface area contributed by atoms with Crippen molar-refractivity contribution in [2.24, 2.45) is 5.41 Å². The number of likely N-dealkylation sites (tertiary alicyclic amines) is 1. The van der Waals surface area contributed by atoms with E-state index in [0.29, 0.717) is 11.1 Å². The molecule has 1 aromatic rings. The maximum atomic E-state index is 12.4. The minimum atomic E-state index is 0. The van der Waals surface area contributed by atoms with Crippen molar-refractivity contribution in [2.75, 3.05) is 26.2 Å². The number of halogens is 2. The smallest absolute Gasteiger partial charge is 0.274 e. The molecule has 1 spiro atoms. The summed E-state index contributed by atoms with van der Waals surface area (Å²) in [5, 5.41) is 3.39. The van der Waals surface area contributed by atoms with E-state index in [2.05, 4.69) is 15.3 Å². The lowest BCUT2D eigenvalue weighted by Crippen LogP contribution is -2.39. The van der Waals surface area contributed by atoms with Gasteiger partial charge in [0.1, 0.15) is 5.69 Å². The van der Waals surface area contributed by atoms with E-state index in [0.717, 1.165) is 38.3 Å². The molecule has 1 N–H and O–H groups in total. The van der Waals surface area contributed by atoms with Gasteiger partial charge in [0.05, 0.1) is 11.9 Å². The molecule has 3 rings (SSSR count). The Morgan fingerprint density at radius 3 is 2.52 bits per heavy atom. The Morgan fingerprint density at radius 2 is 1.90 bits per heavy atom. The molecule has 5 nitrogen and oxygen atoms in total. The van der Waals surface area contributed by atoms with Gasteiger partial charge in [0.2, 0.25) is 0 Å². The fourth-order valence-electron chi connectivity index (χ4n) is 3.14. The summed E-state index contributed by atoms with van der Waals surface area (Å²) in [5.41, 5.74) is 1.66. The van der Waals surface area contributed by atoms with Crippen LogP contribution in [-0.2, 0) is 0 Å². The van der Waals surface area contributed by atoms with Crippen molar-refractivity contribution in [3.63, 3.8) is 0 Å². The summed E-state index contributed by atoms with van der Waals surface area (Å²) in [6.07, 6.45) is 6.72. The van der Waals surface area contributed by atoms with Crippen molar-refractivity contribution in [1.82, 2.24) is 20.2 Å². The zero-order chi connectivity index (χ0) is 13.3. The van der Waals surface area contributed by atoms with Gasteiger partial charge in [0, 0.05) is 19.3 Å². The molecule has 2 aliphatic heterocycles. The number of rotatable bonds is 1. The summed E-state index contributed by atoms with van der Waals surface area (Å²) in [6, 6.07) is 0. The molecule has 2 aliphatic rings. The molecule has 0 radical (unpaired) electrons. The van der Waals surface area contributed by atoms with Crippen molar-refractivity contribution in [2.45, 2.75) is 26.2 Å². The summed E-state index contributed by atoms with van der Waals surface area (Å²) < 4.78 is 0. The molecule has 118 valence electrons. The summed E-state index contributed by atoms with van der Waals surface area (Å²) in [4.78, 5) is 22.7. The second-order valence-electron chi connectivity index (χ2n) is 5.77. The van der Waals surface area contributed by atoms with Crippen molar-refractivity contribution in [1.29, 1.82) is 0 Å². The third kappa shape index (κ3) is 3.84. The molecule has 7 heteroatoms. The molecule has 2 fully saturated rings. The average molecular weight is 333 g/mol. The third-order valence-corrected chi connectivity index (χ3v) is 4.39. The molecule has 0 aromatic carbocycles. The fourth-order valence-corrected chi connectivity index (χ4v) is 3.14. The van der Waals surface area contributed by atoms with Crippen molar-refractivity contribution in [3.05, 3.63) is 23.8 Å². The van der Waals surface area contributed by atoms with Gasteiger partial charge in [-0.3, -0.25) is 9.78 Å². The number of hydrogen-bond donors (Lipinski definition) is 1. The first-order valence-electron chi connectivity index (χ1n) is 6.97. The molecule has 0 bridgehead atoms. The van der Waals surface area contributed by atoms with E-state index in [1.807, 2.05) is 11.8 Å². The van der Waals surface area contributed by atoms with Gasteiger partial charge in [-0.2, -0.15) is 0 Å². The van der Waals surface area contributed by atoms with Crippen LogP contribution in [0.1, 0.15) is 35.4 Å². The number of amides is 1. The second-order valence-corrected chi connectivity index (χ2v) is 5.77. The SMILES string of the molecule is Cc1cnc(C(=O)N2CCC3(CCNCC3)C2)cn1.Cl.Cl. The molecular formula is C14H22Cl2N4O. The van der Waals surface area contributed by atoms with Gasteiger partial charge in [0.25, 0.3) is 5.91 Å². The van der Waals surface area contributed by atoms with Crippen LogP contribution in [0.25, 0.3) is 0 Å². The zero-order valence-electron chi connectivity index (χ0n) is 12.2. The lowest BCUT2D eigenvalue weighted by Gasteiger charge is -2.33. The van der Waals surface area contributed by atoms with Crippen LogP contribution in [0.4, 0.5) is 0 Å². The Balaban J connectivity index is 0.00000110. The Kier molecular flexibility index (Phi) is 6.38. The van der Waals surface area contributed by atoms with Gasteiger partial charge in [-0.15, -0.1) is 24.8 Å². The standard InChI is InChI=1S/C14H20N4O.2ClH/c1-11-8-17-12(9-16-11)13(19)18-7-4-14(10-18)2-5-15-6-3-14;;/h8-9,15H,2-7,10H2,1H3;2*1H. The molecule has 0 atom stereocenters. The molecule has 21 heavy (non-hydrogen) atoms. The van der Waals surface area contributed by atoms with E-state index in [1.54, 1.807) is 12.4 Å². The first-order chi connectivity index (χ1) is 9.19. The number of piperidine rings is 1. The number of aromatic nitrogens is 2. The average Bonchev–Trinajstić information content (AvgIpc) is 2.83. The van der Waals surface area contributed by atoms with Crippen LogP contribution < -0.4 is 5.32 Å². The summed E-state index contributed by atoms with van der Waals surface area (Å²) >= 11 is 0. The summed E-state index contributed by atoms with van der Waals surface area (Å²) in [5.74, 6) is 0.0305. The predicted octanol–water partition coefficient (Wildman–Crippen LogP) is 1.84. The highest BCUT2D eigenvalue weighted by Crippen LogP contribution is 2.38. The Labute approximate surface area is 137 Å². The Bertz CT molecular complexity index is 474. The van der Waals surface area contributed by atoms with Crippen molar-refractivity contribution >= 4 is 30.7 Å². The van der Waals surface area contributed by atoms with Gasteiger partial charge in [-0.1, -0.05) is 0 Å². The van der Waals surface area contributed by atoms with Gasteiger partial charge >= 0.3 is 0 Å². The maximum absolute atomic E-state index is 12.4. The fraction of sp³-hybridized carbons (Fsp3) is 0.643. The van der Waals surface area contributed by atoms with E-state index in [4.69, 9.17) is 0 Å². The van der Waals surface area contributed by atoms with Crippen LogP contribution in [0.2, 0.25) is 0 Å². The summed E-state index contributed by atoms with van der Waals surface area (Å²) in [6.45, 7) is 5.76. The zero-order valence-corrected chi connectivity index (χ0v) is 13.8. The highest BCUT2D eigenvalue weighted by Gasteiger charge is 2.40. The third-order valence-electron chi connectivity index (χ3n) is 4.39. The number of nitrogens with zero attached hydrogens (tertiary/aromatic N) is 3. The lowest BCUT2D eigenvalue weighted by atomic mass is 9.78. The minimum Gasteiger partial charge on any atom is -0.337 e. The highest BCUT2D eigenvalue weighted by molar-refractivity contribution is 5.92. The van der Waals surface area contributed by atoms with Gasteiger partial charge in [-0.05, 0) is 44.7 Å². The second kappa shape index (κ2) is 7.38. The van der Waals surface area contributed by atoms with Crippen LogP contribution in [0.15, 0.2) is 12.4 Å². The van der Waals surface area contributed by atoms with E-state index >= 15 is 0 Å². The number of carbonyl (C=O) groups excluding carboxylic acids is 1. The van der Waals surface area contributed by atoms with E-state index in [-0.39, 0.29) is 30.7 Å². The van der Waals surface area contributed by atoms with Gasteiger partial charge in [-0.25, -0.2) is 4.98 Å². The quantitative estimate of drug-likeness (QED) is 0.852. The normalized spacial score (nSPS) is 19.8. The molecule has 1 amide bonds. The van der Waals surface area contributed by atoms with Crippen LogP contribution in [0.3, 0.4) is 0 Å². The molecule has 0 unspecified atom stereocenters. The number of nitrogens with one attached hydrogen (secondary N) is 1. The van der Waals surface area contributed by atoms with E-state index in [9.17, 15) is 4.79 Å². The molecule has 0 aliphatic carbocycles. The van der Waals surface area contributed by atoms with Crippen molar-refractivity contribution < 1.29 is 4.79 Å². The number of carbonyl (C=O) groups is 1. The van der Waals surface area contributed by atoms with Crippen molar-refractivity contribution in [3.8, 4) is 0 Å². The monoisotopic (exact) mass is 332 g/mol. The van der Waals surface area contributed by atoms with E-state index < -0.39 is 0 Å². The van der Waals surface area contributed by atoms with Gasteiger partial charge in [0.15, 0.2) is 0 Å². The maximum Gasteiger partial charge on any atom is 0.274 e. The first kappa shape index (κ1) is 18.1. The molecule has 2 saturated heterocycles. The number of aryl methyl sites for hydroxylation is 1. The van der Waals surface area contributed by atoms with Crippen LogP contribution in [0.5, 0.6) is 0 Å². The Morgan fingerprint density at radius 1 is 1.19 bits per heavy atom. The predicted molar refractivity (Wildman–Crippen MR) is 86.3 cm³/mol. The first-order valence-corrected chi connectivity index (χ1v) is 6.97.